The zero-order valence-electron chi connectivity index (χ0n) is 19.3. The van der Waals surface area contributed by atoms with Gasteiger partial charge in [0.1, 0.15) is 0 Å². The number of aromatic nitrogens is 2. The summed E-state index contributed by atoms with van der Waals surface area (Å²) < 4.78 is 29.8. The van der Waals surface area contributed by atoms with Gasteiger partial charge in [0, 0.05) is 12.1 Å². The molecular formula is C26H26N4O3S. The lowest BCUT2D eigenvalue weighted by molar-refractivity contribution is 0.102. The van der Waals surface area contributed by atoms with Gasteiger partial charge in [0.2, 0.25) is 0 Å². The van der Waals surface area contributed by atoms with Crippen molar-refractivity contribution in [3.8, 4) is 5.69 Å². The van der Waals surface area contributed by atoms with Gasteiger partial charge in [-0.05, 0) is 63.2 Å². The van der Waals surface area contributed by atoms with E-state index in [0.29, 0.717) is 17.1 Å². The predicted molar refractivity (Wildman–Crippen MR) is 134 cm³/mol. The molecule has 1 N–H and O–H groups in total. The van der Waals surface area contributed by atoms with Gasteiger partial charge in [0.05, 0.1) is 33.3 Å². The Bertz CT molecular complexity index is 1420. The molecule has 0 aliphatic heterocycles. The first kappa shape index (κ1) is 23.3. The lowest BCUT2D eigenvalue weighted by atomic mass is 10.2. The van der Waals surface area contributed by atoms with E-state index in [1.807, 2.05) is 50.2 Å². The van der Waals surface area contributed by atoms with E-state index < -0.39 is 15.9 Å². The average molecular weight is 475 g/mol. The maximum atomic E-state index is 13.3. The van der Waals surface area contributed by atoms with Crippen LogP contribution in [0.1, 0.15) is 28.7 Å². The Balaban J connectivity index is 1.63. The van der Waals surface area contributed by atoms with Gasteiger partial charge in [-0.3, -0.25) is 9.10 Å². The number of nitrogens with zero attached hydrogens (tertiary/aromatic N) is 3. The largest absolute Gasteiger partial charge is 0.319 e. The number of sulfonamides is 1. The topological polar surface area (TPSA) is 84.3 Å². The van der Waals surface area contributed by atoms with Gasteiger partial charge in [0.15, 0.2) is 0 Å². The summed E-state index contributed by atoms with van der Waals surface area (Å²) in [6.45, 7) is 5.74. The number of carbonyl (C=O) groups is 1. The van der Waals surface area contributed by atoms with Crippen LogP contribution in [-0.2, 0) is 10.0 Å². The second-order valence-corrected chi connectivity index (χ2v) is 9.64. The van der Waals surface area contributed by atoms with Gasteiger partial charge < -0.3 is 5.32 Å². The molecule has 0 aliphatic rings. The first-order chi connectivity index (χ1) is 16.3. The van der Waals surface area contributed by atoms with Crippen molar-refractivity contribution in [2.24, 2.45) is 0 Å². The standard InChI is InChI=1S/C26H26N4O3S/c1-4-29(22-13-7-5-8-14-22)34(32,33)24-17-11-12-21(18-24)26(31)27-25-19(2)28-30(20(25)3)23-15-9-6-10-16-23/h5-18H,4H2,1-3H3,(H,27,31). The highest BCUT2D eigenvalue weighted by Gasteiger charge is 2.25. The van der Waals surface area contributed by atoms with Crippen molar-refractivity contribution in [2.75, 3.05) is 16.2 Å². The van der Waals surface area contributed by atoms with E-state index in [4.69, 9.17) is 0 Å². The van der Waals surface area contributed by atoms with E-state index in [9.17, 15) is 13.2 Å². The van der Waals surface area contributed by atoms with E-state index in [1.54, 1.807) is 48.0 Å². The molecule has 34 heavy (non-hydrogen) atoms. The lowest BCUT2D eigenvalue weighted by Gasteiger charge is -2.23. The molecule has 0 spiro atoms. The van der Waals surface area contributed by atoms with Crippen LogP contribution in [0.25, 0.3) is 5.69 Å². The third-order valence-corrected chi connectivity index (χ3v) is 7.45. The van der Waals surface area contributed by atoms with Crippen molar-refractivity contribution >= 4 is 27.3 Å². The molecule has 4 rings (SSSR count). The smallest absolute Gasteiger partial charge is 0.264 e. The number of rotatable bonds is 7. The van der Waals surface area contributed by atoms with Crippen LogP contribution in [0.4, 0.5) is 11.4 Å². The highest BCUT2D eigenvalue weighted by atomic mass is 32.2. The predicted octanol–water partition coefficient (Wildman–Crippen LogP) is 4.96. The van der Waals surface area contributed by atoms with Crippen LogP contribution in [0.3, 0.4) is 0 Å². The number of amides is 1. The van der Waals surface area contributed by atoms with Crippen LogP contribution >= 0.6 is 0 Å². The van der Waals surface area contributed by atoms with Crippen LogP contribution in [0.5, 0.6) is 0 Å². The Hall–Kier alpha value is -3.91. The number of aryl methyl sites for hydroxylation is 1. The van der Waals surface area contributed by atoms with E-state index in [-0.39, 0.29) is 17.0 Å². The summed E-state index contributed by atoms with van der Waals surface area (Å²) in [7, 11) is -3.84. The molecule has 0 bridgehead atoms. The highest BCUT2D eigenvalue weighted by Crippen LogP contribution is 2.26. The Morgan fingerprint density at radius 3 is 2.24 bits per heavy atom. The third kappa shape index (κ3) is 4.45. The second kappa shape index (κ2) is 9.52. The number of nitrogens with one attached hydrogen (secondary N) is 1. The molecule has 0 unspecified atom stereocenters. The molecule has 0 radical (unpaired) electrons. The molecule has 8 heteroatoms. The van der Waals surface area contributed by atoms with Gasteiger partial charge in [-0.15, -0.1) is 0 Å². The van der Waals surface area contributed by atoms with Gasteiger partial charge in [-0.2, -0.15) is 5.10 Å². The molecular weight excluding hydrogens is 448 g/mol. The molecule has 1 amide bonds. The number of anilines is 2. The van der Waals surface area contributed by atoms with Crippen LogP contribution in [0.15, 0.2) is 89.8 Å². The van der Waals surface area contributed by atoms with Gasteiger partial charge >= 0.3 is 0 Å². The normalized spacial score (nSPS) is 11.3. The molecule has 4 aromatic rings. The fourth-order valence-corrected chi connectivity index (χ4v) is 5.36. The highest BCUT2D eigenvalue weighted by molar-refractivity contribution is 7.92. The van der Waals surface area contributed by atoms with Crippen molar-refractivity contribution in [1.29, 1.82) is 0 Å². The summed E-state index contributed by atoms with van der Waals surface area (Å²) in [6.07, 6.45) is 0. The van der Waals surface area contributed by atoms with Crippen molar-refractivity contribution in [2.45, 2.75) is 25.7 Å². The number of hydrogen-bond donors (Lipinski definition) is 1. The van der Waals surface area contributed by atoms with Crippen molar-refractivity contribution in [1.82, 2.24) is 9.78 Å². The zero-order chi connectivity index (χ0) is 24.3. The second-order valence-electron chi connectivity index (χ2n) is 7.78. The zero-order valence-corrected chi connectivity index (χ0v) is 20.1. The Kier molecular flexibility index (Phi) is 6.51. The van der Waals surface area contributed by atoms with E-state index in [2.05, 4.69) is 10.4 Å². The van der Waals surface area contributed by atoms with Gasteiger partial charge in [0.25, 0.3) is 15.9 Å². The van der Waals surface area contributed by atoms with Gasteiger partial charge in [-0.25, -0.2) is 13.1 Å². The molecule has 1 heterocycles. The summed E-state index contributed by atoms with van der Waals surface area (Å²) in [5, 5.41) is 7.46. The minimum Gasteiger partial charge on any atom is -0.319 e. The van der Waals surface area contributed by atoms with Crippen molar-refractivity contribution in [3.05, 3.63) is 102 Å². The van der Waals surface area contributed by atoms with E-state index >= 15 is 0 Å². The number of hydrogen-bond acceptors (Lipinski definition) is 4. The maximum absolute atomic E-state index is 13.3. The molecule has 0 saturated heterocycles. The van der Waals surface area contributed by atoms with Crippen molar-refractivity contribution < 1.29 is 13.2 Å². The monoisotopic (exact) mass is 474 g/mol. The number of para-hydroxylation sites is 2. The summed E-state index contributed by atoms with van der Waals surface area (Å²) >= 11 is 0. The van der Waals surface area contributed by atoms with E-state index in [0.717, 1.165) is 11.4 Å². The minimum atomic E-state index is -3.84. The quantitative estimate of drug-likeness (QED) is 0.410. The summed E-state index contributed by atoms with van der Waals surface area (Å²) in [4.78, 5) is 13.2. The molecule has 7 nitrogen and oxygen atoms in total. The Labute approximate surface area is 199 Å². The van der Waals surface area contributed by atoms with E-state index in [1.165, 1.54) is 16.4 Å². The summed E-state index contributed by atoms with van der Waals surface area (Å²) in [5.41, 5.74) is 3.75. The molecule has 0 aliphatic carbocycles. The molecule has 0 saturated carbocycles. The van der Waals surface area contributed by atoms with Crippen LogP contribution < -0.4 is 9.62 Å². The summed E-state index contributed by atoms with van der Waals surface area (Å²) in [6, 6.07) is 24.6. The van der Waals surface area contributed by atoms with Crippen molar-refractivity contribution in [3.63, 3.8) is 0 Å². The SMILES string of the molecule is CCN(c1ccccc1)S(=O)(=O)c1cccc(C(=O)Nc2c(C)nn(-c3ccccc3)c2C)c1. The fraction of sp³-hybridized carbons (Fsp3) is 0.154. The van der Waals surface area contributed by atoms with Crippen LogP contribution in [0.2, 0.25) is 0 Å². The van der Waals surface area contributed by atoms with Gasteiger partial charge in [-0.1, -0.05) is 42.5 Å². The maximum Gasteiger partial charge on any atom is 0.264 e. The summed E-state index contributed by atoms with van der Waals surface area (Å²) in [5.74, 6) is -0.404. The van der Waals surface area contributed by atoms with Crippen LogP contribution in [0, 0.1) is 13.8 Å². The average Bonchev–Trinajstić information content (AvgIpc) is 3.14. The fourth-order valence-electron chi connectivity index (χ4n) is 3.84. The molecule has 1 aromatic heterocycles. The third-order valence-electron chi connectivity index (χ3n) is 5.55. The Morgan fingerprint density at radius 1 is 0.941 bits per heavy atom. The molecule has 3 aromatic carbocycles. The first-order valence-electron chi connectivity index (χ1n) is 10.9. The molecule has 0 fully saturated rings. The first-order valence-corrected chi connectivity index (χ1v) is 12.4. The number of benzene rings is 3. The number of carbonyl (C=O) groups excluding carboxylic acids is 1. The minimum absolute atomic E-state index is 0.0549. The molecule has 174 valence electrons. The van der Waals surface area contributed by atoms with Crippen LogP contribution in [-0.4, -0.2) is 30.7 Å². The Morgan fingerprint density at radius 2 is 1.59 bits per heavy atom. The molecule has 0 atom stereocenters. The lowest BCUT2D eigenvalue weighted by Crippen LogP contribution is -2.31.